The standard InChI is InChI=1S/C14H25NO2SSi/c1-7-12-8-10-13(11-9-12)18(16,17)15-19(5,6)14(2,3)4/h8-11,15H,7H2,1-6H3. The second kappa shape index (κ2) is 5.38. The molecule has 0 aliphatic heterocycles. The van der Waals surface area contributed by atoms with Crippen LogP contribution in [0.25, 0.3) is 0 Å². The van der Waals surface area contributed by atoms with Crippen LogP contribution in [0.3, 0.4) is 0 Å². The Balaban J connectivity index is 3.05. The number of sulfonamides is 1. The Morgan fingerprint density at radius 1 is 1.11 bits per heavy atom. The summed E-state index contributed by atoms with van der Waals surface area (Å²) in [6.45, 7) is 12.4. The predicted molar refractivity (Wildman–Crippen MR) is 83.3 cm³/mol. The van der Waals surface area contributed by atoms with Crippen LogP contribution in [0.1, 0.15) is 33.3 Å². The number of hydrogen-bond donors (Lipinski definition) is 1. The normalized spacial score (nSPS) is 13.6. The summed E-state index contributed by atoms with van der Waals surface area (Å²) < 4.78 is 27.8. The first-order valence-corrected chi connectivity index (χ1v) is 11.1. The summed E-state index contributed by atoms with van der Waals surface area (Å²) in [7, 11) is -5.50. The van der Waals surface area contributed by atoms with Crippen LogP contribution in [0.15, 0.2) is 29.2 Å². The Morgan fingerprint density at radius 3 is 1.95 bits per heavy atom. The van der Waals surface area contributed by atoms with Gasteiger partial charge in [0, 0.05) is 0 Å². The fourth-order valence-corrected chi connectivity index (χ4v) is 6.33. The second-order valence-electron chi connectivity index (χ2n) is 6.48. The van der Waals surface area contributed by atoms with Crippen molar-refractivity contribution < 1.29 is 8.42 Å². The number of nitrogens with one attached hydrogen (secondary N) is 1. The second-order valence-corrected chi connectivity index (χ2v) is 13.5. The van der Waals surface area contributed by atoms with Crippen LogP contribution in [-0.4, -0.2) is 16.7 Å². The third kappa shape index (κ3) is 3.90. The molecule has 0 aliphatic rings. The fraction of sp³-hybridized carbons (Fsp3) is 0.571. The van der Waals surface area contributed by atoms with Gasteiger partial charge in [-0.2, -0.15) is 0 Å². The number of aryl methyl sites for hydroxylation is 1. The van der Waals surface area contributed by atoms with Gasteiger partial charge in [0.25, 0.3) is 0 Å². The van der Waals surface area contributed by atoms with Gasteiger partial charge in [0.05, 0.1) is 4.90 Å². The van der Waals surface area contributed by atoms with E-state index in [0.717, 1.165) is 12.0 Å². The molecule has 19 heavy (non-hydrogen) atoms. The summed E-state index contributed by atoms with van der Waals surface area (Å²) in [5.41, 5.74) is 1.14. The molecule has 3 nitrogen and oxygen atoms in total. The zero-order valence-corrected chi connectivity index (χ0v) is 14.6. The Bertz CT molecular complexity index is 528. The van der Waals surface area contributed by atoms with Crippen molar-refractivity contribution in [3.05, 3.63) is 29.8 Å². The lowest BCUT2D eigenvalue weighted by molar-refractivity contribution is 0.589. The lowest BCUT2D eigenvalue weighted by atomic mass is 10.2. The van der Waals surface area contributed by atoms with Crippen molar-refractivity contribution in [1.82, 2.24) is 4.39 Å². The van der Waals surface area contributed by atoms with E-state index in [1.165, 1.54) is 0 Å². The minimum absolute atomic E-state index is 0.0244. The quantitative estimate of drug-likeness (QED) is 0.865. The molecule has 0 spiro atoms. The first-order chi connectivity index (χ1) is 8.49. The van der Waals surface area contributed by atoms with Crippen LogP contribution in [0, 0.1) is 0 Å². The van der Waals surface area contributed by atoms with E-state index in [9.17, 15) is 8.42 Å². The Kier molecular flexibility index (Phi) is 4.65. The zero-order chi connectivity index (χ0) is 14.9. The largest absolute Gasteiger partial charge is 0.234 e. The molecule has 1 aromatic rings. The maximum atomic E-state index is 12.4. The molecule has 0 aromatic heterocycles. The lowest BCUT2D eigenvalue weighted by Gasteiger charge is -2.36. The fourth-order valence-electron chi connectivity index (χ4n) is 1.45. The molecule has 0 amide bonds. The molecule has 0 saturated carbocycles. The van der Waals surface area contributed by atoms with E-state index in [2.05, 4.69) is 32.1 Å². The van der Waals surface area contributed by atoms with Gasteiger partial charge in [-0.15, -0.1) is 0 Å². The predicted octanol–water partition coefficient (Wildman–Crippen LogP) is 3.53. The molecular weight excluding hydrogens is 274 g/mol. The Hall–Kier alpha value is -0.653. The van der Waals surface area contributed by atoms with Crippen molar-refractivity contribution in [2.24, 2.45) is 0 Å². The average Bonchev–Trinajstić information content (AvgIpc) is 2.26. The third-order valence-electron chi connectivity index (χ3n) is 3.91. The molecule has 0 radical (unpaired) electrons. The van der Waals surface area contributed by atoms with Crippen LogP contribution in [-0.2, 0) is 16.4 Å². The summed E-state index contributed by atoms with van der Waals surface area (Å²) in [5, 5.41) is -0.0244. The molecule has 5 heteroatoms. The molecule has 0 saturated heterocycles. The van der Waals surface area contributed by atoms with Crippen molar-refractivity contribution >= 4 is 18.3 Å². The molecule has 0 unspecified atom stereocenters. The highest BCUT2D eigenvalue weighted by atomic mass is 32.2. The molecule has 0 fully saturated rings. The van der Waals surface area contributed by atoms with Gasteiger partial charge >= 0.3 is 0 Å². The SMILES string of the molecule is CCc1ccc(S(=O)(=O)N[Si](C)(C)C(C)(C)C)cc1. The Morgan fingerprint density at radius 2 is 1.58 bits per heavy atom. The molecule has 0 heterocycles. The van der Waals surface area contributed by atoms with Crippen molar-refractivity contribution in [3.8, 4) is 0 Å². The van der Waals surface area contributed by atoms with E-state index in [1.807, 2.05) is 25.2 Å². The topological polar surface area (TPSA) is 46.2 Å². The summed E-state index contributed by atoms with van der Waals surface area (Å²) in [4.78, 5) is 0.356. The van der Waals surface area contributed by atoms with Crippen LogP contribution in [0.2, 0.25) is 18.1 Å². The van der Waals surface area contributed by atoms with Gasteiger partial charge in [-0.25, -0.2) is 12.8 Å². The molecule has 0 bridgehead atoms. The average molecular weight is 300 g/mol. The first kappa shape index (κ1) is 16.4. The van der Waals surface area contributed by atoms with Gasteiger partial charge < -0.3 is 0 Å². The third-order valence-corrected chi connectivity index (χ3v) is 11.7. The first-order valence-electron chi connectivity index (χ1n) is 6.62. The summed E-state index contributed by atoms with van der Waals surface area (Å²) in [6, 6.07) is 7.13. The van der Waals surface area contributed by atoms with Gasteiger partial charge in [0.15, 0.2) is 0 Å². The van der Waals surface area contributed by atoms with Crippen molar-refractivity contribution in [2.75, 3.05) is 0 Å². The van der Waals surface area contributed by atoms with E-state index in [-0.39, 0.29) is 5.04 Å². The van der Waals surface area contributed by atoms with Gasteiger partial charge in [0.1, 0.15) is 8.24 Å². The molecule has 108 valence electrons. The van der Waals surface area contributed by atoms with Gasteiger partial charge in [0.2, 0.25) is 10.0 Å². The highest BCUT2D eigenvalue weighted by Gasteiger charge is 2.39. The van der Waals surface area contributed by atoms with Crippen LogP contribution >= 0.6 is 0 Å². The lowest BCUT2D eigenvalue weighted by Crippen LogP contribution is -2.54. The van der Waals surface area contributed by atoms with Crippen LogP contribution in [0.5, 0.6) is 0 Å². The Labute approximate surface area is 118 Å². The van der Waals surface area contributed by atoms with Gasteiger partial charge in [-0.3, -0.25) is 0 Å². The van der Waals surface area contributed by atoms with Crippen molar-refractivity contribution in [1.29, 1.82) is 0 Å². The van der Waals surface area contributed by atoms with E-state index in [0.29, 0.717) is 4.90 Å². The minimum Gasteiger partial charge on any atom is -0.233 e. The van der Waals surface area contributed by atoms with E-state index >= 15 is 0 Å². The van der Waals surface area contributed by atoms with Crippen LogP contribution < -0.4 is 4.39 Å². The van der Waals surface area contributed by atoms with Crippen molar-refractivity contribution in [2.45, 2.75) is 57.1 Å². The minimum atomic E-state index is -3.41. The molecular formula is C14H25NO2SSi. The maximum Gasteiger partial charge on any atom is 0.234 e. The highest BCUT2D eigenvalue weighted by molar-refractivity contribution is 7.91. The zero-order valence-electron chi connectivity index (χ0n) is 12.7. The molecule has 0 atom stereocenters. The highest BCUT2D eigenvalue weighted by Crippen LogP contribution is 2.34. The molecule has 1 rings (SSSR count). The summed E-state index contributed by atoms with van der Waals surface area (Å²) >= 11 is 0. The monoisotopic (exact) mass is 299 g/mol. The van der Waals surface area contributed by atoms with Gasteiger partial charge in [-0.1, -0.05) is 52.9 Å². The van der Waals surface area contributed by atoms with E-state index < -0.39 is 18.3 Å². The van der Waals surface area contributed by atoms with E-state index in [4.69, 9.17) is 0 Å². The molecule has 1 N–H and O–H groups in total. The number of rotatable bonds is 4. The van der Waals surface area contributed by atoms with Gasteiger partial charge in [-0.05, 0) is 29.2 Å². The maximum absolute atomic E-state index is 12.4. The van der Waals surface area contributed by atoms with Crippen LogP contribution in [0.4, 0.5) is 0 Å². The summed E-state index contributed by atoms with van der Waals surface area (Å²) in [5.74, 6) is 0. The summed E-state index contributed by atoms with van der Waals surface area (Å²) in [6.07, 6.45) is 0.913. The molecule has 1 aromatic carbocycles. The number of benzene rings is 1. The van der Waals surface area contributed by atoms with E-state index in [1.54, 1.807) is 12.1 Å². The van der Waals surface area contributed by atoms with Crippen molar-refractivity contribution in [3.63, 3.8) is 0 Å². The number of hydrogen-bond acceptors (Lipinski definition) is 2. The molecule has 0 aliphatic carbocycles. The smallest absolute Gasteiger partial charge is 0.233 e.